The van der Waals surface area contributed by atoms with Gasteiger partial charge in [-0.1, -0.05) is 30.3 Å². The third-order valence-corrected chi connectivity index (χ3v) is 4.36. The second-order valence-electron chi connectivity index (χ2n) is 6.65. The fourth-order valence-electron chi connectivity index (χ4n) is 2.94. The van der Waals surface area contributed by atoms with Crippen molar-refractivity contribution in [1.82, 2.24) is 19.2 Å². The molecular formula is C21H19N5O3. The van der Waals surface area contributed by atoms with Gasteiger partial charge in [0.15, 0.2) is 0 Å². The van der Waals surface area contributed by atoms with Gasteiger partial charge >= 0.3 is 5.69 Å². The molecule has 4 rings (SSSR count). The van der Waals surface area contributed by atoms with Crippen molar-refractivity contribution in [3.05, 3.63) is 82.5 Å². The standard InChI is InChI=1S/C21H19N5O3/c1-14-6-5-8-16(12-14)23-18(27)13-26-21(28)25-11-10-22-20(19(25)24-26)29-17-9-4-3-7-15(17)2/h3-12H,13H2,1-2H3,(H,23,27). The molecule has 0 saturated carbocycles. The zero-order chi connectivity index (χ0) is 20.4. The van der Waals surface area contributed by atoms with Crippen LogP contribution in [0.4, 0.5) is 5.69 Å². The number of aryl methyl sites for hydroxylation is 2. The second kappa shape index (κ2) is 7.59. The van der Waals surface area contributed by atoms with E-state index in [9.17, 15) is 9.59 Å². The van der Waals surface area contributed by atoms with Crippen LogP contribution in [0.1, 0.15) is 11.1 Å². The first-order valence-corrected chi connectivity index (χ1v) is 9.05. The summed E-state index contributed by atoms with van der Waals surface area (Å²) in [5.41, 5.74) is 2.41. The Morgan fingerprint density at radius 3 is 2.76 bits per heavy atom. The molecule has 8 nitrogen and oxygen atoms in total. The van der Waals surface area contributed by atoms with Crippen molar-refractivity contribution in [2.75, 3.05) is 5.32 Å². The Balaban J connectivity index is 1.61. The molecule has 0 bridgehead atoms. The van der Waals surface area contributed by atoms with Gasteiger partial charge in [-0.3, -0.25) is 4.79 Å². The lowest BCUT2D eigenvalue weighted by atomic mass is 10.2. The van der Waals surface area contributed by atoms with Crippen molar-refractivity contribution in [3.8, 4) is 11.6 Å². The number of nitrogens with zero attached hydrogens (tertiary/aromatic N) is 4. The highest BCUT2D eigenvalue weighted by molar-refractivity contribution is 5.90. The number of benzene rings is 2. The first-order chi connectivity index (χ1) is 14.0. The van der Waals surface area contributed by atoms with E-state index in [0.717, 1.165) is 15.8 Å². The molecule has 0 aliphatic rings. The van der Waals surface area contributed by atoms with Crippen LogP contribution >= 0.6 is 0 Å². The third kappa shape index (κ3) is 3.86. The molecule has 8 heteroatoms. The molecule has 0 atom stereocenters. The molecule has 0 aliphatic heterocycles. The number of ether oxygens (including phenoxy) is 1. The normalized spacial score (nSPS) is 10.8. The Hall–Kier alpha value is -3.94. The van der Waals surface area contributed by atoms with Crippen molar-refractivity contribution in [2.45, 2.75) is 20.4 Å². The van der Waals surface area contributed by atoms with Gasteiger partial charge in [0.05, 0.1) is 0 Å². The van der Waals surface area contributed by atoms with E-state index in [1.54, 1.807) is 6.07 Å². The summed E-state index contributed by atoms with van der Waals surface area (Å²) >= 11 is 0. The molecular weight excluding hydrogens is 370 g/mol. The Morgan fingerprint density at radius 1 is 1.14 bits per heavy atom. The van der Waals surface area contributed by atoms with Crippen LogP contribution in [-0.2, 0) is 11.3 Å². The minimum atomic E-state index is -0.448. The summed E-state index contributed by atoms with van der Waals surface area (Å²) in [6.45, 7) is 3.62. The van der Waals surface area contributed by atoms with Crippen LogP contribution < -0.4 is 15.7 Å². The number of rotatable bonds is 5. The molecule has 2 aromatic heterocycles. The number of aromatic nitrogens is 4. The number of carbonyl (C=O) groups excluding carboxylic acids is 1. The topological polar surface area (TPSA) is 90.5 Å². The van der Waals surface area contributed by atoms with Gasteiger partial charge in [-0.2, -0.15) is 0 Å². The summed E-state index contributed by atoms with van der Waals surface area (Å²) in [5, 5.41) is 7.03. The van der Waals surface area contributed by atoms with E-state index in [1.807, 2.05) is 56.3 Å². The summed E-state index contributed by atoms with van der Waals surface area (Å²) in [5.74, 6) is 0.458. The average molecular weight is 389 g/mol. The zero-order valence-corrected chi connectivity index (χ0v) is 16.0. The van der Waals surface area contributed by atoms with Crippen LogP contribution in [0.3, 0.4) is 0 Å². The van der Waals surface area contributed by atoms with Crippen molar-refractivity contribution in [3.63, 3.8) is 0 Å². The SMILES string of the molecule is Cc1cccc(NC(=O)Cn2nc3c(Oc4ccccc4C)nccn3c2=O)c1. The average Bonchev–Trinajstić information content (AvgIpc) is 3.00. The van der Waals surface area contributed by atoms with E-state index in [4.69, 9.17) is 4.74 Å². The van der Waals surface area contributed by atoms with Gasteiger partial charge in [0.1, 0.15) is 12.3 Å². The van der Waals surface area contributed by atoms with Gasteiger partial charge in [0.25, 0.3) is 5.88 Å². The Bertz CT molecular complexity index is 1260. The summed E-state index contributed by atoms with van der Waals surface area (Å²) < 4.78 is 8.25. The fourth-order valence-corrected chi connectivity index (χ4v) is 2.94. The van der Waals surface area contributed by atoms with Gasteiger partial charge < -0.3 is 10.1 Å². The summed E-state index contributed by atoms with van der Waals surface area (Å²) in [7, 11) is 0. The molecule has 0 aliphatic carbocycles. The quantitative estimate of drug-likeness (QED) is 0.567. The second-order valence-corrected chi connectivity index (χ2v) is 6.65. The number of amides is 1. The van der Waals surface area contributed by atoms with Crippen molar-refractivity contribution < 1.29 is 9.53 Å². The van der Waals surface area contributed by atoms with Gasteiger partial charge in [-0.15, -0.1) is 5.10 Å². The highest BCUT2D eigenvalue weighted by atomic mass is 16.5. The van der Waals surface area contributed by atoms with E-state index >= 15 is 0 Å². The molecule has 0 spiro atoms. The van der Waals surface area contributed by atoms with Crippen LogP contribution in [-0.4, -0.2) is 25.1 Å². The van der Waals surface area contributed by atoms with Gasteiger partial charge in [-0.05, 0) is 43.2 Å². The maximum Gasteiger partial charge on any atom is 0.351 e. The van der Waals surface area contributed by atoms with Crippen LogP contribution in [0.15, 0.2) is 65.7 Å². The number of hydrogen-bond donors (Lipinski definition) is 1. The molecule has 146 valence electrons. The largest absolute Gasteiger partial charge is 0.436 e. The van der Waals surface area contributed by atoms with Gasteiger partial charge in [-0.25, -0.2) is 18.9 Å². The molecule has 0 radical (unpaired) electrons. The van der Waals surface area contributed by atoms with Crippen molar-refractivity contribution >= 4 is 17.2 Å². The zero-order valence-electron chi connectivity index (χ0n) is 16.0. The minimum Gasteiger partial charge on any atom is -0.436 e. The number of fused-ring (bicyclic) bond motifs is 1. The number of para-hydroxylation sites is 1. The molecule has 1 N–H and O–H groups in total. The van der Waals surface area contributed by atoms with Crippen molar-refractivity contribution in [1.29, 1.82) is 0 Å². The van der Waals surface area contributed by atoms with Crippen LogP contribution in [0.25, 0.3) is 5.65 Å². The summed E-state index contributed by atoms with van der Waals surface area (Å²) in [6, 6.07) is 14.9. The lowest BCUT2D eigenvalue weighted by Crippen LogP contribution is -2.28. The molecule has 4 aromatic rings. The van der Waals surface area contributed by atoms with Crippen molar-refractivity contribution in [2.24, 2.45) is 0 Å². The van der Waals surface area contributed by atoms with Crippen LogP contribution in [0.5, 0.6) is 11.6 Å². The Kier molecular flexibility index (Phi) is 4.82. The first-order valence-electron chi connectivity index (χ1n) is 9.05. The number of hydrogen-bond acceptors (Lipinski definition) is 5. The minimum absolute atomic E-state index is 0.191. The van der Waals surface area contributed by atoms with Gasteiger partial charge in [0, 0.05) is 18.1 Å². The molecule has 29 heavy (non-hydrogen) atoms. The molecule has 2 aromatic carbocycles. The molecule has 0 saturated heterocycles. The fraction of sp³-hybridized carbons (Fsp3) is 0.143. The van der Waals surface area contributed by atoms with E-state index in [2.05, 4.69) is 15.4 Å². The van der Waals surface area contributed by atoms with E-state index in [1.165, 1.54) is 16.8 Å². The Labute approximate surface area is 166 Å². The van der Waals surface area contributed by atoms with Crippen LogP contribution in [0.2, 0.25) is 0 Å². The predicted octanol–water partition coefficient (Wildman–Crippen LogP) is 2.94. The Morgan fingerprint density at radius 2 is 1.97 bits per heavy atom. The van der Waals surface area contributed by atoms with Gasteiger partial charge in [0.2, 0.25) is 11.6 Å². The molecule has 1 amide bonds. The third-order valence-electron chi connectivity index (χ3n) is 4.36. The molecule has 0 unspecified atom stereocenters. The number of nitrogens with one attached hydrogen (secondary N) is 1. The van der Waals surface area contributed by atoms with E-state index in [0.29, 0.717) is 11.4 Å². The van der Waals surface area contributed by atoms with Crippen LogP contribution in [0, 0.1) is 13.8 Å². The highest BCUT2D eigenvalue weighted by Crippen LogP contribution is 2.24. The van der Waals surface area contributed by atoms with E-state index < -0.39 is 5.69 Å². The molecule has 0 fully saturated rings. The predicted molar refractivity (Wildman–Crippen MR) is 108 cm³/mol. The summed E-state index contributed by atoms with van der Waals surface area (Å²) in [4.78, 5) is 29.2. The number of carbonyl (C=O) groups is 1. The summed E-state index contributed by atoms with van der Waals surface area (Å²) in [6.07, 6.45) is 2.95. The monoisotopic (exact) mass is 389 g/mol. The smallest absolute Gasteiger partial charge is 0.351 e. The highest BCUT2D eigenvalue weighted by Gasteiger charge is 2.16. The maximum atomic E-state index is 12.6. The lowest BCUT2D eigenvalue weighted by Gasteiger charge is -2.07. The molecule has 2 heterocycles. The van der Waals surface area contributed by atoms with E-state index in [-0.39, 0.29) is 24.0 Å². The number of anilines is 1. The lowest BCUT2D eigenvalue weighted by molar-refractivity contribution is -0.117. The first kappa shape index (κ1) is 18.4. The maximum absolute atomic E-state index is 12.6.